The van der Waals surface area contributed by atoms with Gasteiger partial charge in [-0.2, -0.15) is 0 Å². The van der Waals surface area contributed by atoms with Crippen LogP contribution in [0.15, 0.2) is 11.1 Å². The van der Waals surface area contributed by atoms with Gasteiger partial charge in [-0.15, -0.1) is 0 Å². The molecule has 2 atom stereocenters. The molecule has 0 saturated heterocycles. The lowest BCUT2D eigenvalue weighted by Gasteiger charge is -1.99. The summed E-state index contributed by atoms with van der Waals surface area (Å²) in [4.78, 5) is 11.2. The summed E-state index contributed by atoms with van der Waals surface area (Å²) in [5, 5.41) is 8.88. The molecular formula is C10H14O2. The summed E-state index contributed by atoms with van der Waals surface area (Å²) in [5.74, 6) is 1.32. The minimum Gasteiger partial charge on any atom is -0.396 e. The number of hydrogen-bond donors (Lipinski definition) is 1. The first kappa shape index (κ1) is 7.99. The van der Waals surface area contributed by atoms with Crippen molar-refractivity contribution in [3.8, 4) is 0 Å². The van der Waals surface area contributed by atoms with E-state index in [2.05, 4.69) is 0 Å². The average Bonchev–Trinajstić information content (AvgIpc) is 2.77. The number of allylic oxidation sites excluding steroid dienone is 2. The first-order valence-electron chi connectivity index (χ1n) is 4.57. The van der Waals surface area contributed by atoms with Crippen molar-refractivity contribution in [3.63, 3.8) is 0 Å². The van der Waals surface area contributed by atoms with Gasteiger partial charge in [0.05, 0.1) is 0 Å². The highest BCUT2D eigenvalue weighted by Crippen LogP contribution is 2.48. The number of Topliss-reactive ketones (excluding diaryl/α,β-unsaturated/α-hetero) is 1. The van der Waals surface area contributed by atoms with Crippen molar-refractivity contribution in [1.29, 1.82) is 0 Å². The SMILES string of the molecule is CC1=C([C@@H]2C[C@H]2CO)CCC1=O. The van der Waals surface area contributed by atoms with E-state index in [-0.39, 0.29) is 6.61 Å². The monoisotopic (exact) mass is 166 g/mol. The van der Waals surface area contributed by atoms with Gasteiger partial charge in [-0.3, -0.25) is 4.79 Å². The van der Waals surface area contributed by atoms with Crippen molar-refractivity contribution >= 4 is 5.78 Å². The Labute approximate surface area is 72.3 Å². The van der Waals surface area contributed by atoms with Crippen molar-refractivity contribution in [1.82, 2.24) is 0 Å². The second-order valence-corrected chi connectivity index (χ2v) is 3.86. The number of aliphatic hydroxyl groups excluding tert-OH is 1. The Kier molecular flexibility index (Phi) is 1.80. The second-order valence-electron chi connectivity index (χ2n) is 3.86. The van der Waals surface area contributed by atoms with Crippen LogP contribution in [0.2, 0.25) is 0 Å². The van der Waals surface area contributed by atoms with Crippen LogP contribution in [-0.2, 0) is 4.79 Å². The number of rotatable bonds is 2. The van der Waals surface area contributed by atoms with Crippen molar-refractivity contribution in [2.24, 2.45) is 11.8 Å². The van der Waals surface area contributed by atoms with Crippen molar-refractivity contribution in [2.75, 3.05) is 6.61 Å². The lowest BCUT2D eigenvalue weighted by Crippen LogP contribution is -1.94. The van der Waals surface area contributed by atoms with Crippen LogP contribution in [-0.4, -0.2) is 17.5 Å². The van der Waals surface area contributed by atoms with E-state index in [0.29, 0.717) is 24.0 Å². The van der Waals surface area contributed by atoms with E-state index < -0.39 is 0 Å². The summed E-state index contributed by atoms with van der Waals surface area (Å²) in [6, 6.07) is 0. The predicted octanol–water partition coefficient (Wildman–Crippen LogP) is 1.29. The van der Waals surface area contributed by atoms with Crippen LogP contribution in [0.25, 0.3) is 0 Å². The number of carbonyl (C=O) groups excluding carboxylic acids is 1. The molecule has 1 fully saturated rings. The molecule has 2 nitrogen and oxygen atoms in total. The molecule has 0 bridgehead atoms. The Morgan fingerprint density at radius 1 is 1.50 bits per heavy atom. The molecule has 2 heteroatoms. The number of carbonyl (C=O) groups is 1. The first-order valence-corrected chi connectivity index (χ1v) is 4.57. The normalized spacial score (nSPS) is 34.7. The van der Waals surface area contributed by atoms with Crippen LogP contribution in [0.3, 0.4) is 0 Å². The molecule has 0 unspecified atom stereocenters. The van der Waals surface area contributed by atoms with E-state index in [1.54, 1.807) is 0 Å². The van der Waals surface area contributed by atoms with Gasteiger partial charge in [-0.25, -0.2) is 0 Å². The molecule has 2 rings (SSSR count). The first-order chi connectivity index (χ1) is 5.74. The van der Waals surface area contributed by atoms with Gasteiger partial charge < -0.3 is 5.11 Å². The molecule has 2 aliphatic carbocycles. The summed E-state index contributed by atoms with van der Waals surface area (Å²) < 4.78 is 0. The Morgan fingerprint density at radius 3 is 2.67 bits per heavy atom. The third-order valence-electron chi connectivity index (χ3n) is 3.13. The fourth-order valence-corrected chi connectivity index (χ4v) is 2.14. The largest absolute Gasteiger partial charge is 0.396 e. The van der Waals surface area contributed by atoms with Crippen LogP contribution < -0.4 is 0 Å². The Morgan fingerprint density at radius 2 is 2.25 bits per heavy atom. The van der Waals surface area contributed by atoms with E-state index in [4.69, 9.17) is 5.11 Å². The minimum absolute atomic E-state index is 0.287. The van der Waals surface area contributed by atoms with Crippen LogP contribution in [0, 0.1) is 11.8 Å². The van der Waals surface area contributed by atoms with Crippen LogP contribution in [0.1, 0.15) is 26.2 Å². The summed E-state index contributed by atoms with van der Waals surface area (Å²) in [5.41, 5.74) is 2.31. The van der Waals surface area contributed by atoms with Crippen molar-refractivity contribution < 1.29 is 9.90 Å². The topological polar surface area (TPSA) is 37.3 Å². The predicted molar refractivity (Wildman–Crippen MR) is 45.6 cm³/mol. The molecule has 0 spiro atoms. The number of aliphatic hydroxyl groups is 1. The molecule has 2 aliphatic rings. The summed E-state index contributed by atoms with van der Waals surface area (Å²) in [6.45, 7) is 2.22. The fraction of sp³-hybridized carbons (Fsp3) is 0.700. The van der Waals surface area contributed by atoms with Crippen LogP contribution >= 0.6 is 0 Å². The number of hydrogen-bond acceptors (Lipinski definition) is 2. The second kappa shape index (κ2) is 2.70. The minimum atomic E-state index is 0.287. The highest BCUT2D eigenvalue weighted by Gasteiger charge is 2.41. The molecule has 0 aromatic heterocycles. The van der Waals surface area contributed by atoms with E-state index in [1.165, 1.54) is 5.57 Å². The van der Waals surface area contributed by atoms with E-state index >= 15 is 0 Å². The zero-order valence-electron chi connectivity index (χ0n) is 7.34. The molecule has 1 saturated carbocycles. The maximum absolute atomic E-state index is 11.2. The maximum Gasteiger partial charge on any atom is 0.158 e. The van der Waals surface area contributed by atoms with E-state index in [0.717, 1.165) is 18.4 Å². The highest BCUT2D eigenvalue weighted by atomic mass is 16.3. The van der Waals surface area contributed by atoms with Gasteiger partial charge >= 0.3 is 0 Å². The Hall–Kier alpha value is -0.630. The molecule has 1 N–H and O–H groups in total. The summed E-state index contributed by atoms with van der Waals surface area (Å²) in [6.07, 6.45) is 2.75. The van der Waals surface area contributed by atoms with Gasteiger partial charge in [-0.05, 0) is 37.2 Å². The Balaban J connectivity index is 2.10. The molecule has 0 heterocycles. The van der Waals surface area contributed by atoms with Gasteiger partial charge in [0, 0.05) is 13.0 Å². The van der Waals surface area contributed by atoms with Crippen molar-refractivity contribution in [2.45, 2.75) is 26.2 Å². The van der Waals surface area contributed by atoms with Crippen LogP contribution in [0.4, 0.5) is 0 Å². The lowest BCUT2D eigenvalue weighted by molar-refractivity contribution is -0.114. The maximum atomic E-state index is 11.2. The third-order valence-corrected chi connectivity index (χ3v) is 3.13. The Bertz CT molecular complexity index is 253. The fourth-order valence-electron chi connectivity index (χ4n) is 2.14. The van der Waals surface area contributed by atoms with Gasteiger partial charge in [0.1, 0.15) is 0 Å². The number of ketones is 1. The summed E-state index contributed by atoms with van der Waals surface area (Å²) in [7, 11) is 0. The zero-order valence-corrected chi connectivity index (χ0v) is 7.34. The lowest BCUT2D eigenvalue weighted by atomic mass is 10.1. The van der Waals surface area contributed by atoms with Gasteiger partial charge in [0.25, 0.3) is 0 Å². The van der Waals surface area contributed by atoms with Crippen LogP contribution in [0.5, 0.6) is 0 Å². The molecular weight excluding hydrogens is 152 g/mol. The molecule has 0 aromatic carbocycles. The van der Waals surface area contributed by atoms with Gasteiger partial charge in [0.2, 0.25) is 0 Å². The van der Waals surface area contributed by atoms with E-state index in [9.17, 15) is 4.79 Å². The van der Waals surface area contributed by atoms with Gasteiger partial charge in [-0.1, -0.05) is 5.57 Å². The van der Waals surface area contributed by atoms with E-state index in [1.807, 2.05) is 6.92 Å². The standard InChI is InChI=1S/C10H14O2/c1-6-8(2-3-10(6)12)9-4-7(9)5-11/h7,9,11H,2-5H2,1H3/t7-,9+/m0/s1. The van der Waals surface area contributed by atoms with Gasteiger partial charge in [0.15, 0.2) is 5.78 Å². The van der Waals surface area contributed by atoms with Crippen molar-refractivity contribution in [3.05, 3.63) is 11.1 Å². The molecule has 0 aliphatic heterocycles. The third kappa shape index (κ3) is 1.11. The smallest absolute Gasteiger partial charge is 0.158 e. The summed E-state index contributed by atoms with van der Waals surface area (Å²) >= 11 is 0. The molecule has 12 heavy (non-hydrogen) atoms. The quantitative estimate of drug-likeness (QED) is 0.671. The highest BCUT2D eigenvalue weighted by molar-refractivity contribution is 5.98. The zero-order chi connectivity index (χ0) is 8.72. The molecule has 0 radical (unpaired) electrons. The molecule has 0 amide bonds. The molecule has 0 aromatic rings. The molecule has 66 valence electrons. The average molecular weight is 166 g/mol.